The maximum atomic E-state index is 10.8. The maximum Gasteiger partial charge on any atom is 0.269 e. The molecule has 0 saturated carbocycles. The number of non-ortho nitro benzene ring substituents is 1. The smallest absolute Gasteiger partial charge is 0.269 e. The monoisotopic (exact) mass is 412 g/mol. The van der Waals surface area contributed by atoms with E-state index in [0.717, 1.165) is 28.2 Å². The van der Waals surface area contributed by atoms with Gasteiger partial charge in [-0.25, -0.2) is 4.99 Å². The number of nitrogens with one attached hydrogen (secondary N) is 2. The van der Waals surface area contributed by atoms with E-state index in [1.54, 1.807) is 26.4 Å². The Morgan fingerprint density at radius 1 is 1.20 bits per heavy atom. The molecule has 8 nitrogen and oxygen atoms in total. The average molecular weight is 412 g/mol. The minimum Gasteiger partial charge on any atom is -0.497 e. The number of benzene rings is 2. The summed E-state index contributed by atoms with van der Waals surface area (Å²) in [6.07, 6.45) is 0. The van der Waals surface area contributed by atoms with Crippen molar-refractivity contribution in [3.8, 4) is 11.5 Å². The highest BCUT2D eigenvalue weighted by molar-refractivity contribution is 5.80. The molecule has 2 N–H and O–H groups in total. The molecular formula is C22H28N4O4. The third kappa shape index (κ3) is 6.51. The quantitative estimate of drug-likeness (QED) is 0.213. The fourth-order valence-corrected chi connectivity index (χ4v) is 2.74. The summed E-state index contributed by atoms with van der Waals surface area (Å²) in [4.78, 5) is 15.0. The van der Waals surface area contributed by atoms with Gasteiger partial charge in [-0.15, -0.1) is 0 Å². The number of hydrogen-bond donors (Lipinski definition) is 2. The van der Waals surface area contributed by atoms with Crippen molar-refractivity contribution in [3.05, 3.63) is 75.9 Å². The fraction of sp³-hybridized carbons (Fsp3) is 0.318. The molecule has 1 unspecified atom stereocenters. The van der Waals surface area contributed by atoms with Crippen molar-refractivity contribution in [3.63, 3.8) is 0 Å². The van der Waals surface area contributed by atoms with Crippen molar-refractivity contribution in [1.29, 1.82) is 0 Å². The zero-order chi connectivity index (χ0) is 22.1. The number of hydrogen-bond acceptors (Lipinski definition) is 5. The minimum absolute atomic E-state index is 0.0558. The lowest BCUT2D eigenvalue weighted by Crippen LogP contribution is -2.39. The molecule has 0 fully saturated rings. The van der Waals surface area contributed by atoms with Crippen LogP contribution >= 0.6 is 0 Å². The first kappa shape index (κ1) is 22.7. The molecule has 0 spiro atoms. The van der Waals surface area contributed by atoms with Crippen LogP contribution in [0.1, 0.15) is 31.0 Å². The third-order valence-electron chi connectivity index (χ3n) is 4.38. The molecule has 30 heavy (non-hydrogen) atoms. The Morgan fingerprint density at radius 3 is 2.47 bits per heavy atom. The van der Waals surface area contributed by atoms with E-state index in [2.05, 4.69) is 22.2 Å². The molecule has 0 bridgehead atoms. The van der Waals surface area contributed by atoms with Gasteiger partial charge in [-0.2, -0.15) is 0 Å². The predicted octanol–water partition coefficient (Wildman–Crippen LogP) is 3.98. The van der Waals surface area contributed by atoms with Crippen molar-refractivity contribution in [1.82, 2.24) is 10.6 Å². The van der Waals surface area contributed by atoms with E-state index in [0.29, 0.717) is 19.0 Å². The standard InChI is InChI=1S/C22H28N4O4/c1-15(2)13-23-22(24-14-17-6-8-18(9-7-17)26(27)28)25-16(3)20-12-19(29-4)10-11-21(20)30-5/h6-12,16H,1,13-14H2,2-5H3,(H2,23,24,25). The molecule has 2 rings (SSSR count). The lowest BCUT2D eigenvalue weighted by molar-refractivity contribution is -0.384. The van der Waals surface area contributed by atoms with Crippen molar-refractivity contribution in [2.75, 3.05) is 20.8 Å². The Bertz CT molecular complexity index is 910. The summed E-state index contributed by atoms with van der Waals surface area (Å²) in [6.45, 7) is 8.77. The van der Waals surface area contributed by atoms with E-state index in [-0.39, 0.29) is 11.7 Å². The van der Waals surface area contributed by atoms with E-state index in [1.165, 1.54) is 12.1 Å². The van der Waals surface area contributed by atoms with Gasteiger partial charge in [-0.3, -0.25) is 10.1 Å². The minimum atomic E-state index is -0.419. The number of rotatable bonds is 9. The van der Waals surface area contributed by atoms with Crippen LogP contribution in [0.5, 0.6) is 11.5 Å². The molecule has 0 amide bonds. The molecule has 0 aliphatic rings. The van der Waals surface area contributed by atoms with Crippen LogP contribution in [0.3, 0.4) is 0 Å². The average Bonchev–Trinajstić information content (AvgIpc) is 2.75. The number of nitro groups is 1. The second-order valence-corrected chi connectivity index (χ2v) is 6.87. The van der Waals surface area contributed by atoms with Gasteiger partial charge in [-0.1, -0.05) is 24.3 Å². The normalized spacial score (nSPS) is 12.1. The largest absolute Gasteiger partial charge is 0.497 e. The highest BCUT2D eigenvalue weighted by Gasteiger charge is 2.14. The van der Waals surface area contributed by atoms with Gasteiger partial charge < -0.3 is 20.1 Å². The number of aliphatic imine (C=N–C) groups is 1. The summed E-state index contributed by atoms with van der Waals surface area (Å²) >= 11 is 0. The van der Waals surface area contributed by atoms with E-state index in [1.807, 2.05) is 32.0 Å². The van der Waals surface area contributed by atoms with Crippen LogP contribution in [0, 0.1) is 10.1 Å². The molecule has 8 heteroatoms. The lowest BCUT2D eigenvalue weighted by atomic mass is 10.1. The maximum absolute atomic E-state index is 10.8. The lowest BCUT2D eigenvalue weighted by Gasteiger charge is -2.21. The Morgan fingerprint density at radius 2 is 1.90 bits per heavy atom. The predicted molar refractivity (Wildman–Crippen MR) is 118 cm³/mol. The van der Waals surface area contributed by atoms with Gasteiger partial charge in [0.25, 0.3) is 5.69 Å². The summed E-state index contributed by atoms with van der Waals surface area (Å²) < 4.78 is 10.8. The zero-order valence-corrected chi connectivity index (χ0v) is 17.8. The second kappa shape index (κ2) is 10.8. The van der Waals surface area contributed by atoms with Crippen LogP contribution in [0.25, 0.3) is 0 Å². The Labute approximate surface area is 176 Å². The molecule has 1 atom stereocenters. The van der Waals surface area contributed by atoms with E-state index < -0.39 is 4.92 Å². The molecule has 0 saturated heterocycles. The van der Waals surface area contributed by atoms with Gasteiger partial charge in [0, 0.05) is 24.2 Å². The van der Waals surface area contributed by atoms with E-state index >= 15 is 0 Å². The van der Waals surface area contributed by atoms with Crippen molar-refractivity contribution in [2.45, 2.75) is 26.4 Å². The van der Waals surface area contributed by atoms with Crippen LogP contribution in [-0.4, -0.2) is 31.6 Å². The number of ether oxygens (including phenoxy) is 2. The molecule has 0 aliphatic carbocycles. The Kier molecular flexibility index (Phi) is 8.22. The summed E-state index contributed by atoms with van der Waals surface area (Å²) in [5, 5.41) is 17.4. The summed E-state index contributed by atoms with van der Waals surface area (Å²) in [5.41, 5.74) is 2.81. The highest BCUT2D eigenvalue weighted by atomic mass is 16.6. The zero-order valence-electron chi connectivity index (χ0n) is 17.8. The molecule has 2 aromatic carbocycles. The van der Waals surface area contributed by atoms with Crippen molar-refractivity contribution in [2.24, 2.45) is 4.99 Å². The number of guanidine groups is 1. The second-order valence-electron chi connectivity index (χ2n) is 6.87. The van der Waals surface area contributed by atoms with Crippen LogP contribution < -0.4 is 20.1 Å². The SMILES string of the molecule is C=C(C)CNC(=NCc1ccc([N+](=O)[O-])cc1)NC(C)c1cc(OC)ccc1OC. The van der Waals surface area contributed by atoms with Crippen LogP contribution in [0.2, 0.25) is 0 Å². The van der Waals surface area contributed by atoms with Gasteiger partial charge >= 0.3 is 0 Å². The van der Waals surface area contributed by atoms with Gasteiger partial charge in [-0.05, 0) is 37.6 Å². The Hall–Kier alpha value is -3.55. The first-order chi connectivity index (χ1) is 14.3. The van der Waals surface area contributed by atoms with Crippen molar-refractivity contribution >= 4 is 11.6 Å². The van der Waals surface area contributed by atoms with E-state index in [9.17, 15) is 10.1 Å². The van der Waals surface area contributed by atoms with Crippen LogP contribution in [0.4, 0.5) is 5.69 Å². The number of nitrogens with zero attached hydrogens (tertiary/aromatic N) is 2. The van der Waals surface area contributed by atoms with E-state index in [4.69, 9.17) is 9.47 Å². The molecule has 2 aromatic rings. The Balaban J connectivity index is 2.20. The first-order valence-electron chi connectivity index (χ1n) is 9.48. The molecular weight excluding hydrogens is 384 g/mol. The van der Waals surface area contributed by atoms with Crippen LogP contribution in [-0.2, 0) is 6.54 Å². The summed E-state index contributed by atoms with van der Waals surface area (Å²) in [6, 6.07) is 11.9. The summed E-state index contributed by atoms with van der Waals surface area (Å²) in [7, 11) is 3.25. The molecule has 0 radical (unpaired) electrons. The van der Waals surface area contributed by atoms with Gasteiger partial charge in [0.2, 0.25) is 0 Å². The van der Waals surface area contributed by atoms with Crippen LogP contribution in [0.15, 0.2) is 59.6 Å². The molecule has 0 heterocycles. The van der Waals surface area contributed by atoms with Crippen molar-refractivity contribution < 1.29 is 14.4 Å². The summed E-state index contributed by atoms with van der Waals surface area (Å²) in [5.74, 6) is 2.07. The molecule has 160 valence electrons. The first-order valence-corrected chi connectivity index (χ1v) is 9.48. The fourth-order valence-electron chi connectivity index (χ4n) is 2.74. The topological polar surface area (TPSA) is 98.0 Å². The number of methoxy groups -OCH3 is 2. The van der Waals surface area contributed by atoms with Gasteiger partial charge in [0.1, 0.15) is 11.5 Å². The third-order valence-corrected chi connectivity index (χ3v) is 4.38. The molecule has 0 aliphatic heterocycles. The number of nitro benzene ring substituents is 1. The molecule has 0 aromatic heterocycles. The highest BCUT2D eigenvalue weighted by Crippen LogP contribution is 2.29. The van der Waals surface area contributed by atoms with Gasteiger partial charge in [0.15, 0.2) is 5.96 Å². The van der Waals surface area contributed by atoms with Gasteiger partial charge in [0.05, 0.1) is 31.7 Å².